The second kappa shape index (κ2) is 2.87. The molecule has 4 fully saturated rings. The zero-order valence-corrected chi connectivity index (χ0v) is 11.4. The number of allylic oxidation sites excluding steroid dienone is 4. The summed E-state index contributed by atoms with van der Waals surface area (Å²) in [7, 11) is 2.86. The van der Waals surface area contributed by atoms with Crippen molar-refractivity contribution in [3.05, 3.63) is 24.3 Å². The molecule has 4 nitrogen and oxygen atoms in total. The van der Waals surface area contributed by atoms with E-state index in [9.17, 15) is 9.59 Å². The van der Waals surface area contributed by atoms with Crippen LogP contribution in [0, 0.1) is 46.3 Å². The van der Waals surface area contributed by atoms with Crippen molar-refractivity contribution in [2.45, 2.75) is 0 Å². The van der Waals surface area contributed by atoms with Gasteiger partial charge in [0, 0.05) is 0 Å². The van der Waals surface area contributed by atoms with Crippen LogP contribution in [0.1, 0.15) is 0 Å². The quantitative estimate of drug-likeness (QED) is 0.559. The summed E-state index contributed by atoms with van der Waals surface area (Å²) in [5.41, 5.74) is -1.41. The number of ether oxygens (including phenoxy) is 2. The average Bonchev–Trinajstić information content (AvgIpc) is 3.23. The highest BCUT2D eigenvalue weighted by Gasteiger charge is 2.94. The van der Waals surface area contributed by atoms with E-state index in [1.54, 1.807) is 0 Å². The van der Waals surface area contributed by atoms with Crippen LogP contribution in [0.15, 0.2) is 24.3 Å². The lowest BCUT2D eigenvalue weighted by Gasteiger charge is -2.48. The number of carbonyl (C=O) groups is 2. The summed E-state index contributed by atoms with van der Waals surface area (Å²) in [5.74, 6) is 0.987. The molecule has 2 unspecified atom stereocenters. The van der Waals surface area contributed by atoms with E-state index < -0.39 is 10.8 Å². The molecule has 0 aromatic carbocycles. The standard InChI is InChI=1S/C16H16O4/c1-19-13(17)15-7-3-5-9-11(7)12-8(15)4-6-10(12)16(9,15)14(18)20-2/h3-12H,1-2H3/t7-,8+,9-,10+,11?,12?,15?,16?. The molecular formula is C16H16O4. The molecule has 0 aromatic heterocycles. The minimum absolute atomic E-state index is 0.148. The van der Waals surface area contributed by atoms with Crippen molar-refractivity contribution in [2.75, 3.05) is 14.2 Å². The van der Waals surface area contributed by atoms with E-state index in [2.05, 4.69) is 24.3 Å². The lowest BCUT2D eigenvalue weighted by atomic mass is 9.53. The Hall–Kier alpha value is -1.58. The summed E-state index contributed by atoms with van der Waals surface area (Å²) in [6.07, 6.45) is 8.59. The molecule has 0 aliphatic heterocycles. The zero-order chi connectivity index (χ0) is 13.9. The Labute approximate surface area is 116 Å². The molecule has 0 amide bonds. The predicted octanol–water partition coefficient (Wildman–Crippen LogP) is 1.18. The molecule has 0 heterocycles. The third-order valence-corrected chi connectivity index (χ3v) is 6.99. The molecule has 6 atom stereocenters. The van der Waals surface area contributed by atoms with Crippen molar-refractivity contribution in [2.24, 2.45) is 46.3 Å². The molecular weight excluding hydrogens is 256 g/mol. The van der Waals surface area contributed by atoms with Crippen molar-refractivity contribution < 1.29 is 19.1 Å². The summed E-state index contributed by atoms with van der Waals surface area (Å²) >= 11 is 0. The molecule has 104 valence electrons. The maximum atomic E-state index is 12.7. The van der Waals surface area contributed by atoms with Gasteiger partial charge in [-0.25, -0.2) is 0 Å². The number of esters is 2. The van der Waals surface area contributed by atoms with Crippen LogP contribution in [-0.4, -0.2) is 26.2 Å². The molecule has 0 radical (unpaired) electrons. The molecule has 0 aromatic rings. The molecule has 20 heavy (non-hydrogen) atoms. The normalized spacial score (nSPS) is 57.9. The monoisotopic (exact) mass is 272 g/mol. The number of carbonyl (C=O) groups excluding carboxylic acids is 2. The van der Waals surface area contributed by atoms with E-state index in [4.69, 9.17) is 9.47 Å². The predicted molar refractivity (Wildman–Crippen MR) is 68.1 cm³/mol. The van der Waals surface area contributed by atoms with Crippen LogP contribution in [-0.2, 0) is 19.1 Å². The summed E-state index contributed by atoms with van der Waals surface area (Å²) in [6.45, 7) is 0. The maximum absolute atomic E-state index is 12.7. The van der Waals surface area contributed by atoms with Crippen LogP contribution >= 0.6 is 0 Å². The maximum Gasteiger partial charge on any atom is 0.314 e. The van der Waals surface area contributed by atoms with Crippen LogP contribution in [0.25, 0.3) is 0 Å². The van der Waals surface area contributed by atoms with Crippen molar-refractivity contribution in [3.8, 4) is 0 Å². The van der Waals surface area contributed by atoms with Crippen molar-refractivity contribution >= 4 is 11.9 Å². The van der Waals surface area contributed by atoms with E-state index in [0.29, 0.717) is 11.8 Å². The first-order valence-corrected chi connectivity index (χ1v) is 7.20. The first-order valence-electron chi connectivity index (χ1n) is 7.20. The Balaban J connectivity index is 1.86. The van der Waals surface area contributed by atoms with Gasteiger partial charge in [-0.3, -0.25) is 9.59 Å². The van der Waals surface area contributed by atoms with Gasteiger partial charge in [0.25, 0.3) is 0 Å². The molecule has 4 heteroatoms. The molecule has 6 aliphatic carbocycles. The van der Waals surface area contributed by atoms with Gasteiger partial charge in [0.05, 0.1) is 25.0 Å². The highest BCUT2D eigenvalue weighted by molar-refractivity contribution is 5.95. The Kier molecular flexibility index (Phi) is 1.60. The zero-order valence-electron chi connectivity index (χ0n) is 11.4. The van der Waals surface area contributed by atoms with E-state index in [0.717, 1.165) is 0 Å². The molecule has 4 saturated carbocycles. The van der Waals surface area contributed by atoms with Crippen molar-refractivity contribution in [1.82, 2.24) is 0 Å². The Bertz CT molecular complexity index is 534. The lowest BCUT2D eigenvalue weighted by molar-refractivity contribution is -0.182. The molecule has 0 saturated heterocycles. The van der Waals surface area contributed by atoms with Crippen LogP contribution in [0.5, 0.6) is 0 Å². The van der Waals surface area contributed by atoms with Gasteiger partial charge < -0.3 is 9.47 Å². The van der Waals surface area contributed by atoms with Gasteiger partial charge in [-0.15, -0.1) is 0 Å². The Morgan fingerprint density at radius 2 is 1.05 bits per heavy atom. The third kappa shape index (κ3) is 0.651. The minimum Gasteiger partial charge on any atom is -0.469 e. The van der Waals surface area contributed by atoms with Gasteiger partial charge in [0.1, 0.15) is 0 Å². The second-order valence-electron chi connectivity index (χ2n) is 6.75. The number of hydrogen-bond donors (Lipinski definition) is 0. The fraction of sp³-hybridized carbons (Fsp3) is 0.625. The Morgan fingerprint density at radius 1 is 0.750 bits per heavy atom. The van der Waals surface area contributed by atoms with Crippen molar-refractivity contribution in [1.29, 1.82) is 0 Å². The van der Waals surface area contributed by atoms with Crippen LogP contribution in [0.3, 0.4) is 0 Å². The highest BCUT2D eigenvalue weighted by Crippen LogP contribution is 2.90. The smallest absolute Gasteiger partial charge is 0.314 e. The van der Waals surface area contributed by atoms with Gasteiger partial charge in [0.2, 0.25) is 0 Å². The average molecular weight is 272 g/mol. The molecule has 6 aliphatic rings. The fourth-order valence-electron chi connectivity index (χ4n) is 6.99. The topological polar surface area (TPSA) is 52.6 Å². The summed E-state index contributed by atoms with van der Waals surface area (Å²) in [4.78, 5) is 25.5. The van der Waals surface area contributed by atoms with Crippen LogP contribution in [0.4, 0.5) is 0 Å². The summed E-state index contributed by atoms with van der Waals surface area (Å²) in [5, 5.41) is 0. The van der Waals surface area contributed by atoms with Gasteiger partial charge in [-0.2, -0.15) is 0 Å². The van der Waals surface area contributed by atoms with E-state index in [1.807, 2.05) is 0 Å². The Morgan fingerprint density at radius 3 is 1.30 bits per heavy atom. The summed E-state index contributed by atoms with van der Waals surface area (Å²) in [6, 6.07) is 0. The van der Waals surface area contributed by atoms with Crippen molar-refractivity contribution in [3.63, 3.8) is 0 Å². The lowest BCUT2D eigenvalue weighted by Crippen LogP contribution is -2.58. The van der Waals surface area contributed by atoms with Gasteiger partial charge >= 0.3 is 11.9 Å². The second-order valence-corrected chi connectivity index (χ2v) is 6.75. The molecule has 0 spiro atoms. The molecule has 6 rings (SSSR count). The third-order valence-electron chi connectivity index (χ3n) is 6.99. The largest absolute Gasteiger partial charge is 0.469 e. The first-order chi connectivity index (χ1) is 9.67. The summed E-state index contributed by atoms with van der Waals surface area (Å²) < 4.78 is 10.3. The van der Waals surface area contributed by atoms with E-state index >= 15 is 0 Å². The first kappa shape index (κ1) is 11.1. The van der Waals surface area contributed by atoms with Gasteiger partial charge in [0.15, 0.2) is 0 Å². The number of rotatable bonds is 2. The van der Waals surface area contributed by atoms with Gasteiger partial charge in [-0.05, 0) is 35.5 Å². The van der Waals surface area contributed by atoms with Crippen LogP contribution < -0.4 is 0 Å². The minimum atomic E-state index is -0.705. The molecule has 8 bridgehead atoms. The molecule has 0 N–H and O–H groups in total. The number of hydrogen-bond acceptors (Lipinski definition) is 4. The SMILES string of the molecule is COC(=O)C12[C@@H]3C=C[C@@H]4C3C3[C@@H]1C=C[C@@H]3C42C(=O)OC. The van der Waals surface area contributed by atoms with Crippen LogP contribution in [0.2, 0.25) is 0 Å². The van der Waals surface area contributed by atoms with E-state index in [1.165, 1.54) is 14.2 Å². The number of methoxy groups -OCH3 is 2. The highest BCUT2D eigenvalue weighted by atomic mass is 16.5. The van der Waals surface area contributed by atoms with E-state index in [-0.39, 0.29) is 35.6 Å². The fourth-order valence-corrected chi connectivity index (χ4v) is 6.99. The van der Waals surface area contributed by atoms with Gasteiger partial charge in [-0.1, -0.05) is 24.3 Å².